The Hall–Kier alpha value is -2.13. The highest BCUT2D eigenvalue weighted by molar-refractivity contribution is 9.10. The monoisotopic (exact) mass is 339 g/mol. The molecular formula is C18H14BrNO. The topological polar surface area (TPSA) is 29.1 Å². The molecule has 1 N–H and O–H groups in total. The van der Waals surface area contributed by atoms with Gasteiger partial charge in [-0.15, -0.1) is 0 Å². The lowest BCUT2D eigenvalue weighted by Gasteiger charge is -2.08. The van der Waals surface area contributed by atoms with E-state index in [1.807, 2.05) is 48.5 Å². The predicted molar refractivity (Wildman–Crippen MR) is 90.4 cm³/mol. The van der Waals surface area contributed by atoms with Crippen LogP contribution in [0.15, 0.2) is 71.2 Å². The van der Waals surface area contributed by atoms with E-state index in [4.69, 9.17) is 0 Å². The van der Waals surface area contributed by atoms with E-state index in [1.165, 1.54) is 0 Å². The molecule has 0 aliphatic heterocycles. The lowest BCUT2D eigenvalue weighted by molar-refractivity contribution is -0.115. The minimum atomic E-state index is -0.00977. The SMILES string of the molecule is O=C(Cc1cccc2ccccc12)Nc1cccc(Br)c1. The van der Waals surface area contributed by atoms with Gasteiger partial charge in [0.25, 0.3) is 0 Å². The van der Waals surface area contributed by atoms with Gasteiger partial charge < -0.3 is 5.32 Å². The van der Waals surface area contributed by atoms with Crippen molar-refractivity contribution in [2.24, 2.45) is 0 Å². The Morgan fingerprint density at radius 1 is 0.952 bits per heavy atom. The quantitative estimate of drug-likeness (QED) is 0.730. The fourth-order valence-corrected chi connectivity index (χ4v) is 2.79. The van der Waals surface area contributed by atoms with Gasteiger partial charge in [-0.05, 0) is 34.5 Å². The van der Waals surface area contributed by atoms with E-state index in [2.05, 4.69) is 39.4 Å². The number of nitrogens with one attached hydrogen (secondary N) is 1. The van der Waals surface area contributed by atoms with Crippen molar-refractivity contribution in [2.75, 3.05) is 5.32 Å². The highest BCUT2D eigenvalue weighted by Gasteiger charge is 2.07. The third kappa shape index (κ3) is 3.31. The van der Waals surface area contributed by atoms with Crippen LogP contribution in [-0.2, 0) is 11.2 Å². The van der Waals surface area contributed by atoms with Crippen LogP contribution in [-0.4, -0.2) is 5.91 Å². The van der Waals surface area contributed by atoms with Crippen LogP contribution >= 0.6 is 15.9 Å². The second-order valence-corrected chi connectivity index (χ2v) is 5.79. The zero-order valence-corrected chi connectivity index (χ0v) is 12.9. The van der Waals surface area contributed by atoms with Crippen LogP contribution in [0.5, 0.6) is 0 Å². The zero-order valence-electron chi connectivity index (χ0n) is 11.3. The van der Waals surface area contributed by atoms with E-state index in [1.54, 1.807) is 0 Å². The minimum Gasteiger partial charge on any atom is -0.326 e. The maximum absolute atomic E-state index is 12.2. The largest absolute Gasteiger partial charge is 0.326 e. The fourth-order valence-electron chi connectivity index (χ4n) is 2.39. The van der Waals surface area contributed by atoms with E-state index in [-0.39, 0.29) is 5.91 Å². The Labute approximate surface area is 131 Å². The maximum atomic E-state index is 12.2. The first-order valence-electron chi connectivity index (χ1n) is 6.74. The Morgan fingerprint density at radius 2 is 1.71 bits per heavy atom. The second-order valence-electron chi connectivity index (χ2n) is 4.87. The van der Waals surface area contributed by atoms with E-state index >= 15 is 0 Å². The summed E-state index contributed by atoms with van der Waals surface area (Å²) >= 11 is 3.40. The fraction of sp³-hybridized carbons (Fsp3) is 0.0556. The van der Waals surface area contributed by atoms with Gasteiger partial charge in [-0.3, -0.25) is 4.79 Å². The molecule has 21 heavy (non-hydrogen) atoms. The normalized spacial score (nSPS) is 10.5. The number of anilines is 1. The molecular weight excluding hydrogens is 326 g/mol. The number of rotatable bonds is 3. The average molecular weight is 340 g/mol. The molecule has 0 atom stereocenters. The molecule has 0 aliphatic carbocycles. The number of benzene rings is 3. The summed E-state index contributed by atoms with van der Waals surface area (Å²) in [5, 5.41) is 5.21. The van der Waals surface area contributed by atoms with Crippen molar-refractivity contribution >= 4 is 38.3 Å². The summed E-state index contributed by atoms with van der Waals surface area (Å²) in [7, 11) is 0. The van der Waals surface area contributed by atoms with Gasteiger partial charge in [-0.2, -0.15) is 0 Å². The van der Waals surface area contributed by atoms with Crippen molar-refractivity contribution in [3.8, 4) is 0 Å². The summed E-state index contributed by atoms with van der Waals surface area (Å²) in [6, 6.07) is 21.8. The summed E-state index contributed by atoms with van der Waals surface area (Å²) < 4.78 is 0.950. The molecule has 104 valence electrons. The Kier molecular flexibility index (Phi) is 4.02. The molecule has 0 heterocycles. The molecule has 3 aromatic rings. The molecule has 0 aromatic heterocycles. The van der Waals surface area contributed by atoms with Crippen molar-refractivity contribution in [3.05, 3.63) is 76.8 Å². The van der Waals surface area contributed by atoms with Crippen molar-refractivity contribution in [2.45, 2.75) is 6.42 Å². The zero-order chi connectivity index (χ0) is 14.7. The van der Waals surface area contributed by atoms with Crippen LogP contribution in [0.1, 0.15) is 5.56 Å². The number of carbonyl (C=O) groups is 1. The Bertz CT molecular complexity index is 793. The van der Waals surface area contributed by atoms with Gasteiger partial charge in [-0.1, -0.05) is 64.5 Å². The first kappa shape index (κ1) is 13.8. The molecule has 0 radical (unpaired) electrons. The van der Waals surface area contributed by atoms with Crippen LogP contribution in [0.4, 0.5) is 5.69 Å². The van der Waals surface area contributed by atoms with E-state index in [0.717, 1.165) is 26.5 Å². The minimum absolute atomic E-state index is 0.00977. The molecule has 3 heteroatoms. The second kappa shape index (κ2) is 6.10. The van der Waals surface area contributed by atoms with Gasteiger partial charge >= 0.3 is 0 Å². The van der Waals surface area contributed by atoms with Crippen LogP contribution in [0, 0.1) is 0 Å². The molecule has 0 bridgehead atoms. The summed E-state index contributed by atoms with van der Waals surface area (Å²) in [5.74, 6) is -0.00977. The molecule has 3 rings (SSSR count). The van der Waals surface area contributed by atoms with E-state index in [9.17, 15) is 4.79 Å². The molecule has 1 amide bonds. The van der Waals surface area contributed by atoms with Crippen LogP contribution in [0.3, 0.4) is 0 Å². The molecule has 2 nitrogen and oxygen atoms in total. The summed E-state index contributed by atoms with van der Waals surface area (Å²) in [6.45, 7) is 0. The van der Waals surface area contributed by atoms with Gasteiger partial charge in [0.15, 0.2) is 0 Å². The van der Waals surface area contributed by atoms with Gasteiger partial charge in [0.05, 0.1) is 6.42 Å². The number of halogens is 1. The Balaban J connectivity index is 1.80. The van der Waals surface area contributed by atoms with Crippen molar-refractivity contribution in [3.63, 3.8) is 0 Å². The van der Waals surface area contributed by atoms with E-state index < -0.39 is 0 Å². The maximum Gasteiger partial charge on any atom is 0.228 e. The first-order valence-corrected chi connectivity index (χ1v) is 7.54. The molecule has 0 saturated carbocycles. The van der Waals surface area contributed by atoms with Crippen LogP contribution in [0.25, 0.3) is 10.8 Å². The number of fused-ring (bicyclic) bond motifs is 1. The lowest BCUT2D eigenvalue weighted by Crippen LogP contribution is -2.14. The number of carbonyl (C=O) groups excluding carboxylic acids is 1. The molecule has 0 unspecified atom stereocenters. The Morgan fingerprint density at radius 3 is 2.57 bits per heavy atom. The summed E-state index contributed by atoms with van der Waals surface area (Å²) in [5.41, 5.74) is 1.84. The van der Waals surface area contributed by atoms with Gasteiger partial charge in [0.2, 0.25) is 5.91 Å². The molecule has 3 aromatic carbocycles. The number of hydrogen-bond donors (Lipinski definition) is 1. The van der Waals surface area contributed by atoms with Gasteiger partial charge in [0, 0.05) is 10.2 Å². The average Bonchev–Trinajstić information content (AvgIpc) is 2.47. The number of hydrogen-bond acceptors (Lipinski definition) is 1. The highest BCUT2D eigenvalue weighted by Crippen LogP contribution is 2.20. The van der Waals surface area contributed by atoms with Crippen LogP contribution in [0.2, 0.25) is 0 Å². The summed E-state index contributed by atoms with van der Waals surface area (Å²) in [6.07, 6.45) is 0.369. The third-order valence-electron chi connectivity index (χ3n) is 3.34. The predicted octanol–water partition coefficient (Wildman–Crippen LogP) is 4.78. The van der Waals surface area contributed by atoms with Crippen molar-refractivity contribution < 1.29 is 4.79 Å². The molecule has 0 spiro atoms. The molecule has 0 aliphatic rings. The lowest BCUT2D eigenvalue weighted by atomic mass is 10.0. The van der Waals surface area contributed by atoms with Crippen molar-refractivity contribution in [1.82, 2.24) is 0 Å². The first-order chi connectivity index (χ1) is 10.2. The highest BCUT2D eigenvalue weighted by atomic mass is 79.9. The summed E-state index contributed by atoms with van der Waals surface area (Å²) in [4.78, 5) is 12.2. The molecule has 0 saturated heterocycles. The standard InChI is InChI=1S/C18H14BrNO/c19-15-8-4-9-16(12-15)20-18(21)11-14-7-3-6-13-5-1-2-10-17(13)14/h1-10,12H,11H2,(H,20,21). The van der Waals surface area contributed by atoms with Crippen molar-refractivity contribution in [1.29, 1.82) is 0 Å². The molecule has 0 fully saturated rings. The van der Waals surface area contributed by atoms with E-state index in [0.29, 0.717) is 6.42 Å². The van der Waals surface area contributed by atoms with Crippen LogP contribution < -0.4 is 5.32 Å². The third-order valence-corrected chi connectivity index (χ3v) is 3.83. The van der Waals surface area contributed by atoms with Gasteiger partial charge in [0.1, 0.15) is 0 Å². The number of amides is 1. The smallest absolute Gasteiger partial charge is 0.228 e. The van der Waals surface area contributed by atoms with Gasteiger partial charge in [-0.25, -0.2) is 0 Å².